The molecule has 5 heteroatoms. The predicted octanol–water partition coefficient (Wildman–Crippen LogP) is 1.77. The predicted molar refractivity (Wildman–Crippen MR) is 64.7 cm³/mol. The number of rotatable bonds is 1. The Kier molecular flexibility index (Phi) is 2.87. The van der Waals surface area contributed by atoms with Gasteiger partial charge in [0.2, 0.25) is 5.88 Å². The van der Waals surface area contributed by atoms with Crippen molar-refractivity contribution in [2.24, 2.45) is 11.7 Å². The monoisotopic (exact) mass is 246 g/mol. The molecule has 1 aliphatic rings. The van der Waals surface area contributed by atoms with Crippen LogP contribution in [0.15, 0.2) is 26.7 Å². The first-order valence-electron chi connectivity index (χ1n) is 5.68. The number of hydrogen-bond acceptors (Lipinski definition) is 5. The lowest BCUT2D eigenvalue weighted by molar-refractivity contribution is 0.349. The van der Waals surface area contributed by atoms with Gasteiger partial charge in [0.1, 0.15) is 17.6 Å². The van der Waals surface area contributed by atoms with Gasteiger partial charge >= 0.3 is 5.63 Å². The van der Waals surface area contributed by atoms with Crippen LogP contribution in [0.5, 0.6) is 5.75 Å². The highest BCUT2D eigenvalue weighted by Crippen LogP contribution is 2.40. The van der Waals surface area contributed by atoms with E-state index in [1.54, 1.807) is 13.0 Å². The van der Waals surface area contributed by atoms with Crippen LogP contribution < -0.4 is 16.1 Å². The number of fused-ring (bicyclic) bond motifs is 1. The number of aryl methyl sites for hydroxylation is 1. The molecule has 0 aromatic carbocycles. The SMILES string of the molecule is Cc1cc2c(c(=O)o1)[C@@H](C(C)C)C(C#N)=C(N)O2. The van der Waals surface area contributed by atoms with Crippen LogP contribution in [0.4, 0.5) is 0 Å². The Hall–Kier alpha value is -2.22. The minimum absolute atomic E-state index is 0.0476. The molecule has 2 rings (SSSR count). The summed E-state index contributed by atoms with van der Waals surface area (Å²) in [6.45, 7) is 5.50. The zero-order valence-corrected chi connectivity index (χ0v) is 10.5. The molecule has 0 spiro atoms. The molecule has 0 fully saturated rings. The van der Waals surface area contributed by atoms with Gasteiger partial charge in [-0.15, -0.1) is 0 Å². The molecule has 0 bridgehead atoms. The van der Waals surface area contributed by atoms with Gasteiger partial charge in [-0.2, -0.15) is 5.26 Å². The molecule has 0 saturated carbocycles. The number of hydrogen-bond donors (Lipinski definition) is 1. The second-order valence-corrected chi connectivity index (χ2v) is 4.64. The van der Waals surface area contributed by atoms with Crippen molar-refractivity contribution in [1.29, 1.82) is 5.26 Å². The van der Waals surface area contributed by atoms with Gasteiger partial charge in [0.15, 0.2) is 0 Å². The third kappa shape index (κ3) is 1.76. The molecule has 1 atom stereocenters. The van der Waals surface area contributed by atoms with E-state index < -0.39 is 5.63 Å². The van der Waals surface area contributed by atoms with Gasteiger partial charge in [0.05, 0.1) is 11.1 Å². The fourth-order valence-electron chi connectivity index (χ4n) is 2.22. The van der Waals surface area contributed by atoms with Gasteiger partial charge in [-0.05, 0) is 12.8 Å². The third-order valence-corrected chi connectivity index (χ3v) is 2.97. The quantitative estimate of drug-likeness (QED) is 0.815. The summed E-state index contributed by atoms with van der Waals surface area (Å²) >= 11 is 0. The Morgan fingerprint density at radius 2 is 2.17 bits per heavy atom. The molecule has 0 amide bonds. The van der Waals surface area contributed by atoms with E-state index in [1.807, 2.05) is 19.9 Å². The summed E-state index contributed by atoms with van der Waals surface area (Å²) < 4.78 is 10.4. The van der Waals surface area contributed by atoms with Gasteiger partial charge < -0.3 is 14.9 Å². The van der Waals surface area contributed by atoms with E-state index in [4.69, 9.17) is 20.1 Å². The second kappa shape index (κ2) is 4.22. The van der Waals surface area contributed by atoms with E-state index in [0.717, 1.165) is 0 Å². The first-order valence-corrected chi connectivity index (χ1v) is 5.68. The zero-order chi connectivity index (χ0) is 13.4. The molecular formula is C13H14N2O3. The van der Waals surface area contributed by atoms with Crippen LogP contribution >= 0.6 is 0 Å². The van der Waals surface area contributed by atoms with Crippen molar-refractivity contribution in [1.82, 2.24) is 0 Å². The summed E-state index contributed by atoms with van der Waals surface area (Å²) in [6.07, 6.45) is 0. The Labute approximate surface area is 104 Å². The molecule has 0 radical (unpaired) electrons. The highest BCUT2D eigenvalue weighted by Gasteiger charge is 2.34. The lowest BCUT2D eigenvalue weighted by atomic mass is 9.82. The lowest BCUT2D eigenvalue weighted by Crippen LogP contribution is -2.28. The van der Waals surface area contributed by atoms with Crippen LogP contribution in [0.3, 0.4) is 0 Å². The minimum Gasteiger partial charge on any atom is -0.440 e. The second-order valence-electron chi connectivity index (χ2n) is 4.64. The Balaban J connectivity index is 2.73. The Morgan fingerprint density at radius 3 is 2.72 bits per heavy atom. The fourth-order valence-corrected chi connectivity index (χ4v) is 2.22. The van der Waals surface area contributed by atoms with E-state index in [9.17, 15) is 4.79 Å². The summed E-state index contributed by atoms with van der Waals surface area (Å²) in [6, 6.07) is 3.64. The Bertz CT molecular complexity index is 620. The fraction of sp³-hybridized carbons (Fsp3) is 0.385. The summed E-state index contributed by atoms with van der Waals surface area (Å²) in [4.78, 5) is 11.9. The molecule has 1 aromatic heterocycles. The molecule has 2 N–H and O–H groups in total. The van der Waals surface area contributed by atoms with Gasteiger partial charge in [-0.3, -0.25) is 0 Å². The van der Waals surface area contributed by atoms with Crippen LogP contribution in [0.1, 0.15) is 31.1 Å². The highest BCUT2D eigenvalue weighted by molar-refractivity contribution is 5.48. The van der Waals surface area contributed by atoms with E-state index in [-0.39, 0.29) is 23.3 Å². The molecule has 1 aromatic rings. The molecule has 0 unspecified atom stereocenters. The topological polar surface area (TPSA) is 89.2 Å². The van der Waals surface area contributed by atoms with Crippen molar-refractivity contribution >= 4 is 0 Å². The molecule has 5 nitrogen and oxygen atoms in total. The first-order chi connectivity index (χ1) is 8.45. The average molecular weight is 246 g/mol. The molecule has 94 valence electrons. The summed E-state index contributed by atoms with van der Waals surface area (Å²) in [5.41, 5.74) is 5.93. The molecule has 0 aliphatic carbocycles. The number of nitrogens with two attached hydrogens (primary N) is 1. The first kappa shape index (κ1) is 12.2. The van der Waals surface area contributed by atoms with E-state index in [2.05, 4.69) is 0 Å². The minimum atomic E-state index is -0.469. The summed E-state index contributed by atoms with van der Waals surface area (Å²) in [7, 11) is 0. The molecular weight excluding hydrogens is 232 g/mol. The van der Waals surface area contributed by atoms with Crippen molar-refractivity contribution in [3.8, 4) is 11.8 Å². The van der Waals surface area contributed by atoms with Gasteiger partial charge in [-0.25, -0.2) is 4.79 Å². The summed E-state index contributed by atoms with van der Waals surface area (Å²) in [5, 5.41) is 9.15. The van der Waals surface area contributed by atoms with Crippen molar-refractivity contribution < 1.29 is 9.15 Å². The van der Waals surface area contributed by atoms with E-state index in [0.29, 0.717) is 17.1 Å². The van der Waals surface area contributed by atoms with Crippen molar-refractivity contribution in [2.75, 3.05) is 0 Å². The van der Waals surface area contributed by atoms with Gasteiger partial charge in [0, 0.05) is 12.0 Å². The molecule has 1 aliphatic heterocycles. The van der Waals surface area contributed by atoms with Crippen LogP contribution in [0.2, 0.25) is 0 Å². The molecule has 18 heavy (non-hydrogen) atoms. The van der Waals surface area contributed by atoms with Gasteiger partial charge in [-0.1, -0.05) is 13.8 Å². The van der Waals surface area contributed by atoms with Crippen molar-refractivity contribution in [3.63, 3.8) is 0 Å². The van der Waals surface area contributed by atoms with Gasteiger partial charge in [0.25, 0.3) is 0 Å². The van der Waals surface area contributed by atoms with Crippen LogP contribution in [0, 0.1) is 24.2 Å². The number of ether oxygens (including phenoxy) is 1. The van der Waals surface area contributed by atoms with Crippen LogP contribution in [0.25, 0.3) is 0 Å². The Morgan fingerprint density at radius 1 is 1.50 bits per heavy atom. The smallest absolute Gasteiger partial charge is 0.343 e. The highest BCUT2D eigenvalue weighted by atomic mass is 16.5. The van der Waals surface area contributed by atoms with Crippen molar-refractivity contribution in [3.05, 3.63) is 39.3 Å². The third-order valence-electron chi connectivity index (χ3n) is 2.97. The number of nitrogens with zero attached hydrogens (tertiary/aromatic N) is 1. The van der Waals surface area contributed by atoms with Crippen LogP contribution in [-0.2, 0) is 0 Å². The lowest BCUT2D eigenvalue weighted by Gasteiger charge is -2.27. The van der Waals surface area contributed by atoms with E-state index in [1.165, 1.54) is 0 Å². The zero-order valence-electron chi connectivity index (χ0n) is 10.5. The van der Waals surface area contributed by atoms with Crippen molar-refractivity contribution in [2.45, 2.75) is 26.7 Å². The number of nitriles is 1. The molecule has 2 heterocycles. The van der Waals surface area contributed by atoms with E-state index >= 15 is 0 Å². The maximum absolute atomic E-state index is 11.9. The largest absolute Gasteiger partial charge is 0.440 e. The number of allylic oxidation sites excluding steroid dienone is 1. The maximum Gasteiger partial charge on any atom is 0.343 e. The van der Waals surface area contributed by atoms with Crippen LogP contribution in [-0.4, -0.2) is 0 Å². The average Bonchev–Trinajstić information content (AvgIpc) is 2.26. The maximum atomic E-state index is 11.9. The standard InChI is InChI=1S/C13H14N2O3/c1-6(2)10-8(5-14)12(15)18-9-4-7(3)17-13(16)11(9)10/h4,6,10H,15H2,1-3H3/t10-/m0/s1. The summed E-state index contributed by atoms with van der Waals surface area (Å²) in [5.74, 6) is 0.573. The molecule has 0 saturated heterocycles. The normalized spacial score (nSPS) is 18.3.